The molecular formula is C22H32N2O6. The number of likely N-dealkylation sites (tertiary alicyclic amines) is 1. The Morgan fingerprint density at radius 3 is 2.30 bits per heavy atom. The highest BCUT2D eigenvalue weighted by Crippen LogP contribution is 2.31. The predicted molar refractivity (Wildman–Crippen MR) is 111 cm³/mol. The molecule has 1 N–H and O–H groups in total. The zero-order chi connectivity index (χ0) is 22.4. The second kappa shape index (κ2) is 9.93. The first kappa shape index (κ1) is 23.7. The molecule has 1 aliphatic rings. The van der Waals surface area contributed by atoms with E-state index in [9.17, 15) is 14.4 Å². The summed E-state index contributed by atoms with van der Waals surface area (Å²) in [4.78, 5) is 39.9. The van der Waals surface area contributed by atoms with Gasteiger partial charge in [0.15, 0.2) is 5.54 Å². The number of carbonyl (C=O) groups excluding carboxylic acids is 3. The second-order valence-electron chi connectivity index (χ2n) is 8.29. The Balaban J connectivity index is 2.34. The molecule has 1 aromatic carbocycles. The summed E-state index contributed by atoms with van der Waals surface area (Å²) in [6, 6.07) is 8.89. The maximum atomic E-state index is 12.9. The number of hydrogen-bond acceptors (Lipinski definition) is 7. The zero-order valence-corrected chi connectivity index (χ0v) is 18.4. The fraction of sp³-hybridized carbons (Fsp3) is 0.591. The van der Waals surface area contributed by atoms with E-state index in [4.69, 9.17) is 14.2 Å². The van der Waals surface area contributed by atoms with Crippen LogP contribution in [0.25, 0.3) is 0 Å². The van der Waals surface area contributed by atoms with Crippen molar-refractivity contribution in [2.75, 3.05) is 19.8 Å². The van der Waals surface area contributed by atoms with Gasteiger partial charge in [0.1, 0.15) is 11.6 Å². The summed E-state index contributed by atoms with van der Waals surface area (Å²) in [6.45, 7) is 9.53. The minimum Gasteiger partial charge on any atom is -0.465 e. The van der Waals surface area contributed by atoms with Crippen molar-refractivity contribution in [3.8, 4) is 0 Å². The smallest absolute Gasteiger partial charge is 0.408 e. The summed E-state index contributed by atoms with van der Waals surface area (Å²) in [7, 11) is 0. The summed E-state index contributed by atoms with van der Waals surface area (Å²) in [5, 5.41) is 2.69. The number of hydrogen-bond donors (Lipinski definition) is 1. The highest BCUT2D eigenvalue weighted by molar-refractivity contribution is 5.89. The number of carbonyl (C=O) groups is 3. The van der Waals surface area contributed by atoms with Crippen LogP contribution in [0.5, 0.6) is 0 Å². The number of esters is 2. The third-order valence-electron chi connectivity index (χ3n) is 4.65. The van der Waals surface area contributed by atoms with Crippen molar-refractivity contribution in [1.82, 2.24) is 10.2 Å². The minimum atomic E-state index is -1.41. The number of alkyl carbamates (subject to hydrolysis) is 1. The third kappa shape index (κ3) is 6.19. The van der Waals surface area contributed by atoms with Gasteiger partial charge in [-0.1, -0.05) is 30.3 Å². The molecule has 0 aliphatic carbocycles. The van der Waals surface area contributed by atoms with Crippen LogP contribution in [0.3, 0.4) is 0 Å². The lowest BCUT2D eigenvalue weighted by atomic mass is 9.96. The van der Waals surface area contributed by atoms with E-state index < -0.39 is 35.2 Å². The van der Waals surface area contributed by atoms with Crippen LogP contribution in [-0.4, -0.2) is 59.9 Å². The van der Waals surface area contributed by atoms with E-state index in [-0.39, 0.29) is 26.2 Å². The maximum Gasteiger partial charge on any atom is 0.408 e. The van der Waals surface area contributed by atoms with Crippen LogP contribution < -0.4 is 5.32 Å². The molecule has 0 bridgehead atoms. The molecule has 0 unspecified atom stereocenters. The van der Waals surface area contributed by atoms with Gasteiger partial charge in [-0.25, -0.2) is 9.59 Å². The van der Waals surface area contributed by atoms with Gasteiger partial charge in [0.2, 0.25) is 0 Å². The highest BCUT2D eigenvalue weighted by atomic mass is 16.6. The Hall–Kier alpha value is -2.61. The first-order chi connectivity index (χ1) is 14.1. The van der Waals surface area contributed by atoms with E-state index in [1.807, 2.05) is 35.2 Å². The summed E-state index contributed by atoms with van der Waals surface area (Å²) in [5.41, 5.74) is -1.17. The summed E-state index contributed by atoms with van der Waals surface area (Å²) in [6.07, 6.45) is -0.698. The Labute approximate surface area is 177 Å². The maximum absolute atomic E-state index is 12.9. The Morgan fingerprint density at radius 2 is 1.73 bits per heavy atom. The largest absolute Gasteiger partial charge is 0.465 e. The van der Waals surface area contributed by atoms with Crippen LogP contribution in [0, 0.1) is 0 Å². The predicted octanol–water partition coefficient (Wildman–Crippen LogP) is 2.65. The van der Waals surface area contributed by atoms with Gasteiger partial charge >= 0.3 is 18.0 Å². The van der Waals surface area contributed by atoms with Crippen molar-refractivity contribution in [2.45, 2.75) is 64.8 Å². The number of rotatable bonds is 7. The number of nitrogens with zero attached hydrogens (tertiary/aromatic N) is 1. The second-order valence-corrected chi connectivity index (χ2v) is 8.29. The molecule has 1 saturated heterocycles. The number of nitrogens with one attached hydrogen (secondary N) is 1. The molecule has 2 atom stereocenters. The highest BCUT2D eigenvalue weighted by Gasteiger charge is 2.54. The first-order valence-corrected chi connectivity index (χ1v) is 10.2. The van der Waals surface area contributed by atoms with Gasteiger partial charge in [-0.2, -0.15) is 0 Å². The monoisotopic (exact) mass is 420 g/mol. The normalized spacial score (nSPS) is 21.7. The molecule has 0 spiro atoms. The fourth-order valence-corrected chi connectivity index (χ4v) is 3.49. The van der Waals surface area contributed by atoms with Crippen molar-refractivity contribution >= 4 is 18.0 Å². The fourth-order valence-electron chi connectivity index (χ4n) is 3.49. The van der Waals surface area contributed by atoms with Crippen molar-refractivity contribution < 1.29 is 28.6 Å². The van der Waals surface area contributed by atoms with E-state index in [1.54, 1.807) is 34.6 Å². The molecule has 2 rings (SSSR count). The standard InChI is InChI=1S/C22H32N2O6/c1-6-28-18(25)17-13-22(19(26)29-7-2,23-20(27)30-21(3,4)5)15-24(17)14-16-11-9-8-10-12-16/h8-12,17H,6-7,13-15H2,1-5H3,(H,23,27)/t17-,22+/m0/s1. The summed E-state index contributed by atoms with van der Waals surface area (Å²) < 4.78 is 15.9. The lowest BCUT2D eigenvalue weighted by Crippen LogP contribution is -2.57. The molecular weight excluding hydrogens is 388 g/mol. The molecule has 1 aliphatic heterocycles. The number of benzene rings is 1. The summed E-state index contributed by atoms with van der Waals surface area (Å²) >= 11 is 0. The zero-order valence-electron chi connectivity index (χ0n) is 18.4. The van der Waals surface area contributed by atoms with Gasteiger partial charge in [-0.3, -0.25) is 9.69 Å². The quantitative estimate of drug-likeness (QED) is 0.535. The van der Waals surface area contributed by atoms with Crippen molar-refractivity contribution in [3.05, 3.63) is 35.9 Å². The van der Waals surface area contributed by atoms with E-state index in [0.717, 1.165) is 5.56 Å². The van der Waals surface area contributed by atoms with Crippen molar-refractivity contribution in [1.29, 1.82) is 0 Å². The lowest BCUT2D eigenvalue weighted by molar-refractivity contribution is -0.150. The lowest BCUT2D eigenvalue weighted by Gasteiger charge is -2.29. The molecule has 0 radical (unpaired) electrons. The SMILES string of the molecule is CCOC(=O)[C@@H]1C[C@](NC(=O)OC(C)(C)C)(C(=O)OCC)CN1Cc1ccccc1. The van der Waals surface area contributed by atoms with E-state index >= 15 is 0 Å². The van der Waals surface area contributed by atoms with E-state index in [0.29, 0.717) is 6.54 Å². The van der Waals surface area contributed by atoms with E-state index in [1.165, 1.54) is 0 Å². The van der Waals surface area contributed by atoms with Gasteiger partial charge in [0.25, 0.3) is 0 Å². The van der Waals surface area contributed by atoms with Gasteiger partial charge < -0.3 is 19.5 Å². The Morgan fingerprint density at radius 1 is 1.10 bits per heavy atom. The molecule has 8 heteroatoms. The molecule has 1 amide bonds. The molecule has 1 aromatic rings. The van der Waals surface area contributed by atoms with Crippen LogP contribution in [0.1, 0.15) is 46.6 Å². The van der Waals surface area contributed by atoms with Crippen LogP contribution in [-0.2, 0) is 30.3 Å². The molecule has 8 nitrogen and oxygen atoms in total. The molecule has 30 heavy (non-hydrogen) atoms. The third-order valence-corrected chi connectivity index (χ3v) is 4.65. The average Bonchev–Trinajstić information content (AvgIpc) is 3.00. The van der Waals surface area contributed by atoms with Gasteiger partial charge in [-0.05, 0) is 40.2 Å². The van der Waals surface area contributed by atoms with Gasteiger partial charge in [-0.15, -0.1) is 0 Å². The number of amides is 1. The topological polar surface area (TPSA) is 94.2 Å². The van der Waals surface area contributed by atoms with E-state index in [2.05, 4.69) is 5.32 Å². The van der Waals surface area contributed by atoms with Crippen LogP contribution in [0.4, 0.5) is 4.79 Å². The molecule has 1 fully saturated rings. The molecule has 0 saturated carbocycles. The van der Waals surface area contributed by atoms with Crippen molar-refractivity contribution in [2.24, 2.45) is 0 Å². The van der Waals surface area contributed by atoms with Gasteiger partial charge in [0.05, 0.1) is 13.2 Å². The number of ether oxygens (including phenoxy) is 3. The van der Waals surface area contributed by atoms with Crippen LogP contribution in [0.2, 0.25) is 0 Å². The molecule has 166 valence electrons. The van der Waals surface area contributed by atoms with Gasteiger partial charge in [0, 0.05) is 19.5 Å². The average molecular weight is 421 g/mol. The minimum absolute atomic E-state index is 0.0384. The Kier molecular flexibility index (Phi) is 7.83. The molecule has 1 heterocycles. The van der Waals surface area contributed by atoms with Crippen LogP contribution in [0.15, 0.2) is 30.3 Å². The van der Waals surface area contributed by atoms with Crippen molar-refractivity contribution in [3.63, 3.8) is 0 Å². The first-order valence-electron chi connectivity index (χ1n) is 10.2. The van der Waals surface area contributed by atoms with Crippen LogP contribution >= 0.6 is 0 Å². The summed E-state index contributed by atoms with van der Waals surface area (Å²) in [5.74, 6) is -1.04. The molecule has 0 aromatic heterocycles. The Bertz CT molecular complexity index is 746.